The normalized spacial score (nSPS) is 32.2. The minimum Gasteiger partial charge on any atom is -0.444 e. The van der Waals surface area contributed by atoms with E-state index >= 15 is 0 Å². The third-order valence-corrected chi connectivity index (χ3v) is 5.81. The van der Waals surface area contributed by atoms with Crippen LogP contribution in [-0.2, 0) is 9.47 Å². The van der Waals surface area contributed by atoms with Gasteiger partial charge in [0.1, 0.15) is 5.60 Å². The number of hydrogen-bond donors (Lipinski definition) is 2. The quantitative estimate of drug-likeness (QED) is 0.351. The number of aliphatic imine (C=N–C) groups is 1. The lowest BCUT2D eigenvalue weighted by Crippen LogP contribution is -2.68. The maximum Gasteiger partial charge on any atom is 0.407 e. The van der Waals surface area contributed by atoms with E-state index in [1.165, 1.54) is 0 Å². The van der Waals surface area contributed by atoms with Crippen LogP contribution in [0.25, 0.3) is 0 Å². The zero-order valence-electron chi connectivity index (χ0n) is 17.4. The Kier molecular flexibility index (Phi) is 6.93. The highest BCUT2D eigenvalue weighted by molar-refractivity contribution is 14.0. The van der Waals surface area contributed by atoms with Gasteiger partial charge in [0.25, 0.3) is 0 Å². The number of carbonyl (C=O) groups is 1. The summed E-state index contributed by atoms with van der Waals surface area (Å²) >= 11 is 0. The number of fused-ring (bicyclic) bond motifs is 1. The van der Waals surface area contributed by atoms with E-state index in [1.54, 1.807) is 0 Å². The molecule has 2 aliphatic heterocycles. The summed E-state index contributed by atoms with van der Waals surface area (Å²) in [6.45, 7) is 12.6. The topological polar surface area (TPSA) is 75.2 Å². The van der Waals surface area contributed by atoms with Crippen molar-refractivity contribution in [3.05, 3.63) is 0 Å². The first-order chi connectivity index (χ1) is 12.1. The zero-order valence-corrected chi connectivity index (χ0v) is 19.7. The summed E-state index contributed by atoms with van der Waals surface area (Å²) in [6.07, 6.45) is 2.02. The summed E-state index contributed by atoms with van der Waals surface area (Å²) in [5, 5.41) is 6.64. The molecular weight excluding hydrogens is 459 g/mol. The second kappa shape index (κ2) is 8.31. The Bertz CT molecular complexity index is 576. The molecule has 2 saturated heterocycles. The first-order valence-electron chi connectivity index (χ1n) is 9.71. The van der Waals surface area contributed by atoms with Crippen LogP contribution in [0.2, 0.25) is 0 Å². The highest BCUT2D eigenvalue weighted by Crippen LogP contribution is 2.52. The molecule has 0 aromatic carbocycles. The van der Waals surface area contributed by atoms with Crippen LogP contribution in [0.5, 0.6) is 0 Å². The van der Waals surface area contributed by atoms with E-state index < -0.39 is 5.60 Å². The molecule has 2 heterocycles. The fraction of sp³-hybridized carbons (Fsp3) is 0.895. The first kappa shape index (κ1) is 22.5. The molecule has 8 heteroatoms. The third kappa shape index (κ3) is 4.81. The lowest BCUT2D eigenvalue weighted by Gasteiger charge is -2.55. The van der Waals surface area contributed by atoms with Crippen LogP contribution in [0.4, 0.5) is 4.79 Å². The molecule has 156 valence electrons. The average Bonchev–Trinajstić information content (AvgIpc) is 3.14. The predicted molar refractivity (Wildman–Crippen MR) is 117 cm³/mol. The number of alkyl carbamates (subject to hydrolysis) is 1. The Hall–Kier alpha value is -0.770. The molecule has 1 amide bonds. The number of ether oxygens (including phenoxy) is 2. The van der Waals surface area contributed by atoms with E-state index in [0.717, 1.165) is 38.5 Å². The van der Waals surface area contributed by atoms with Gasteiger partial charge in [0.15, 0.2) is 5.96 Å². The standard InChI is InChI=1S/C19H34N4O3.HI/c1-18(2,3)26-17(24)21-12-7-9-23(11-12)16(20-6)22-14-13-8-10-25-15(13)19(14,4)5;/h12-15H,7-11H2,1-6H3,(H,20,22)(H,21,24);1H. The molecule has 27 heavy (non-hydrogen) atoms. The number of halogens is 1. The van der Waals surface area contributed by atoms with E-state index in [9.17, 15) is 4.79 Å². The van der Waals surface area contributed by atoms with Crippen LogP contribution in [0.1, 0.15) is 47.5 Å². The Balaban J connectivity index is 0.00000261. The predicted octanol–water partition coefficient (Wildman–Crippen LogP) is 2.59. The molecule has 3 fully saturated rings. The van der Waals surface area contributed by atoms with Crippen LogP contribution in [0.3, 0.4) is 0 Å². The second-order valence-corrected chi connectivity index (χ2v) is 9.31. The molecule has 1 saturated carbocycles. The molecule has 4 unspecified atom stereocenters. The minimum atomic E-state index is -0.477. The van der Waals surface area contributed by atoms with Crippen molar-refractivity contribution in [3.63, 3.8) is 0 Å². The van der Waals surface area contributed by atoms with Gasteiger partial charge < -0.3 is 25.0 Å². The molecule has 0 aromatic rings. The molecule has 0 radical (unpaired) electrons. The maximum absolute atomic E-state index is 12.0. The van der Waals surface area contributed by atoms with Crippen molar-refractivity contribution in [2.24, 2.45) is 16.3 Å². The van der Waals surface area contributed by atoms with Crippen molar-refractivity contribution in [1.29, 1.82) is 0 Å². The van der Waals surface area contributed by atoms with Gasteiger partial charge in [-0.15, -0.1) is 24.0 Å². The summed E-state index contributed by atoms with van der Waals surface area (Å²) in [7, 11) is 1.82. The number of likely N-dealkylation sites (tertiary alicyclic amines) is 1. The highest BCUT2D eigenvalue weighted by atomic mass is 127. The van der Waals surface area contributed by atoms with Gasteiger partial charge in [0.2, 0.25) is 0 Å². The van der Waals surface area contributed by atoms with Gasteiger partial charge in [0.05, 0.1) is 12.1 Å². The van der Waals surface area contributed by atoms with E-state index in [1.807, 2.05) is 27.8 Å². The van der Waals surface area contributed by atoms with Crippen LogP contribution >= 0.6 is 24.0 Å². The fourth-order valence-corrected chi connectivity index (χ4v) is 4.60. The minimum absolute atomic E-state index is 0. The van der Waals surface area contributed by atoms with Gasteiger partial charge in [-0.25, -0.2) is 4.79 Å². The number of nitrogens with zero attached hydrogens (tertiary/aromatic N) is 2. The molecule has 3 aliphatic rings. The van der Waals surface area contributed by atoms with Crippen LogP contribution in [-0.4, -0.2) is 67.5 Å². The second-order valence-electron chi connectivity index (χ2n) is 9.31. The van der Waals surface area contributed by atoms with Crippen molar-refractivity contribution < 1.29 is 14.3 Å². The first-order valence-corrected chi connectivity index (χ1v) is 9.71. The number of carbonyl (C=O) groups excluding carboxylic acids is 1. The van der Waals surface area contributed by atoms with Gasteiger partial charge >= 0.3 is 6.09 Å². The Labute approximate surface area is 180 Å². The van der Waals surface area contributed by atoms with Gasteiger partial charge in [0, 0.05) is 44.1 Å². The molecule has 1 aliphatic carbocycles. The number of guanidine groups is 1. The zero-order chi connectivity index (χ0) is 19.1. The summed E-state index contributed by atoms with van der Waals surface area (Å²) in [6, 6.07) is 0.465. The Morgan fingerprint density at radius 3 is 2.59 bits per heavy atom. The van der Waals surface area contributed by atoms with Crippen LogP contribution < -0.4 is 10.6 Å². The number of nitrogens with one attached hydrogen (secondary N) is 2. The molecule has 4 atom stereocenters. The monoisotopic (exact) mass is 494 g/mol. The average molecular weight is 494 g/mol. The summed E-state index contributed by atoms with van der Waals surface area (Å²) < 4.78 is 11.2. The van der Waals surface area contributed by atoms with Crippen molar-refractivity contribution in [3.8, 4) is 0 Å². The molecule has 7 nitrogen and oxygen atoms in total. The summed E-state index contributed by atoms with van der Waals surface area (Å²) in [5.74, 6) is 1.49. The van der Waals surface area contributed by atoms with Gasteiger partial charge in [-0.3, -0.25) is 4.99 Å². The summed E-state index contributed by atoms with van der Waals surface area (Å²) in [5.41, 5.74) is -0.360. The van der Waals surface area contributed by atoms with Crippen molar-refractivity contribution in [2.75, 3.05) is 26.7 Å². The van der Waals surface area contributed by atoms with E-state index in [0.29, 0.717) is 18.1 Å². The van der Waals surface area contributed by atoms with Crippen molar-refractivity contribution in [2.45, 2.75) is 71.2 Å². The molecule has 0 aromatic heterocycles. The maximum atomic E-state index is 12.0. The third-order valence-electron chi connectivity index (χ3n) is 5.81. The van der Waals surface area contributed by atoms with Gasteiger partial charge in [-0.2, -0.15) is 0 Å². The number of hydrogen-bond acceptors (Lipinski definition) is 4. The SMILES string of the molecule is CN=C(NC1C2CCOC2C1(C)C)N1CCC(NC(=O)OC(C)(C)C)C1.I. The van der Waals surface area contributed by atoms with Crippen LogP contribution in [0.15, 0.2) is 4.99 Å². The molecule has 3 rings (SSSR count). The van der Waals surface area contributed by atoms with Crippen molar-refractivity contribution in [1.82, 2.24) is 15.5 Å². The smallest absolute Gasteiger partial charge is 0.407 e. The molecule has 2 N–H and O–H groups in total. The molecule has 0 bridgehead atoms. The van der Waals surface area contributed by atoms with E-state index in [-0.39, 0.29) is 41.5 Å². The van der Waals surface area contributed by atoms with Crippen molar-refractivity contribution >= 4 is 36.0 Å². The van der Waals surface area contributed by atoms with E-state index in [2.05, 4.69) is 34.4 Å². The fourth-order valence-electron chi connectivity index (χ4n) is 4.60. The molecule has 0 spiro atoms. The van der Waals surface area contributed by atoms with Gasteiger partial charge in [-0.05, 0) is 33.6 Å². The van der Waals surface area contributed by atoms with E-state index in [4.69, 9.17) is 9.47 Å². The highest BCUT2D eigenvalue weighted by Gasteiger charge is 2.59. The lowest BCUT2D eigenvalue weighted by atomic mass is 9.57. The largest absolute Gasteiger partial charge is 0.444 e. The van der Waals surface area contributed by atoms with Crippen LogP contribution in [0, 0.1) is 11.3 Å². The summed E-state index contributed by atoms with van der Waals surface area (Å²) in [4.78, 5) is 18.7. The van der Waals surface area contributed by atoms with Gasteiger partial charge in [-0.1, -0.05) is 13.8 Å². The Morgan fingerprint density at radius 2 is 1.96 bits per heavy atom. The number of rotatable bonds is 2. The number of amides is 1. The Morgan fingerprint density at radius 1 is 1.26 bits per heavy atom. The molecular formula is C19H35IN4O3. The lowest BCUT2D eigenvalue weighted by molar-refractivity contribution is -0.107.